The van der Waals surface area contributed by atoms with Gasteiger partial charge in [-0.3, -0.25) is 0 Å². The molecular weight excluding hydrogens is 813 g/mol. The molecule has 30 heteroatoms. The maximum absolute atomic E-state index is 14.0. The lowest BCUT2D eigenvalue weighted by molar-refractivity contribution is -0.487. The molecule has 0 heterocycles. The molecule has 1 N–H and O–H groups in total. The molecule has 1 atom stereocenters. The Kier molecular flexibility index (Phi) is 12.3. The van der Waals surface area contributed by atoms with Crippen LogP contribution < -0.4 is 0 Å². The largest absolute Gasteiger partial charge is 0.460 e. The first kappa shape index (κ1) is 48.3. The molecule has 0 radical (unpaired) electrons. The Morgan fingerprint density at radius 2 is 0.765 bits per heavy atom. The highest BCUT2D eigenvalue weighted by atomic mass is 19.4. The summed E-state index contributed by atoms with van der Waals surface area (Å²) >= 11 is 0. The van der Waals surface area contributed by atoms with Crippen LogP contribution >= 0.6 is 0 Å². The second-order valence-electron chi connectivity index (χ2n) is 10.1. The van der Waals surface area contributed by atoms with Gasteiger partial charge in [-0.15, -0.1) is 0 Å². The molecule has 0 saturated heterocycles. The van der Waals surface area contributed by atoms with Crippen molar-refractivity contribution in [3.63, 3.8) is 0 Å². The van der Waals surface area contributed by atoms with E-state index < -0.39 is 114 Å². The molecule has 1 unspecified atom stereocenters. The van der Waals surface area contributed by atoms with Gasteiger partial charge < -0.3 is 9.84 Å². The second kappa shape index (κ2) is 13.0. The van der Waals surface area contributed by atoms with E-state index >= 15 is 0 Å². The lowest BCUT2D eigenvalue weighted by atomic mass is 9.81. The van der Waals surface area contributed by atoms with E-state index in [1.807, 2.05) is 0 Å². The first-order valence-corrected chi connectivity index (χ1v) is 11.8. The Morgan fingerprint density at radius 1 is 0.510 bits per heavy atom. The monoisotopic (exact) mass is 826 g/mol. The molecule has 304 valence electrons. The van der Waals surface area contributed by atoms with Gasteiger partial charge in [0.2, 0.25) is 0 Å². The zero-order chi connectivity index (χ0) is 42.1. The van der Waals surface area contributed by atoms with Gasteiger partial charge in [-0.1, -0.05) is 6.58 Å². The van der Waals surface area contributed by atoms with E-state index in [-0.39, 0.29) is 0 Å². The van der Waals surface area contributed by atoms with Crippen molar-refractivity contribution in [1.82, 2.24) is 0 Å². The third-order valence-corrected chi connectivity index (χ3v) is 6.37. The van der Waals surface area contributed by atoms with Crippen LogP contribution in [0.1, 0.15) is 19.8 Å². The summed E-state index contributed by atoms with van der Waals surface area (Å²) < 4.78 is 370. The number of rotatable bonds is 16. The summed E-state index contributed by atoms with van der Waals surface area (Å²) in [6.07, 6.45) is -25.5. The molecule has 0 rings (SSSR count). The number of hydrogen-bond donors (Lipinski definition) is 1. The lowest BCUT2D eigenvalue weighted by Gasteiger charge is -2.46. The Bertz CT molecular complexity index is 1260. The van der Waals surface area contributed by atoms with E-state index in [1.54, 1.807) is 0 Å². The molecular formula is C21H13F27O3. The normalized spacial score (nSPS) is 16.6. The van der Waals surface area contributed by atoms with Gasteiger partial charge in [0.25, 0.3) is 0 Å². The van der Waals surface area contributed by atoms with Gasteiger partial charge in [0.1, 0.15) is 6.61 Å². The fourth-order valence-corrected chi connectivity index (χ4v) is 3.23. The van der Waals surface area contributed by atoms with Gasteiger partial charge in [-0.05, 0) is 13.3 Å². The van der Waals surface area contributed by atoms with Gasteiger partial charge in [-0.2, -0.15) is 114 Å². The van der Waals surface area contributed by atoms with Crippen LogP contribution in [-0.4, -0.2) is 101 Å². The minimum Gasteiger partial charge on any atom is -0.460 e. The standard InChI is InChI=1S/C21H13F27O3/c1-6(2)8(50)51-5-7(49)3-4-9(22,23)11(25,26)13(29,30)15(33,34)17(37,38)19(41,42)18(39,40)16(35,36)14(31,32)12(27,28)10(24,20(43,44)45)21(46,47)48/h7,49H,1,3-5H2,2H3. The number of esters is 1. The number of carbonyl (C=O) groups excluding carboxylic acids is 1. The summed E-state index contributed by atoms with van der Waals surface area (Å²) in [4.78, 5) is 11.1. The molecule has 51 heavy (non-hydrogen) atoms. The van der Waals surface area contributed by atoms with Crippen molar-refractivity contribution in [3.8, 4) is 0 Å². The summed E-state index contributed by atoms with van der Waals surface area (Å²) in [5, 5.41) is 9.28. The SMILES string of the molecule is C=C(C)C(=O)OCC(O)CCC(F)(F)C(F)(F)C(F)(F)C(F)(F)C(F)(F)C(F)(F)C(F)(F)C(F)(F)C(F)(F)C(F)(F)C(F)(C(F)(F)F)C(F)(F)F. The Morgan fingerprint density at radius 3 is 1.02 bits per heavy atom. The number of carbonyl (C=O) groups is 1. The average Bonchev–Trinajstić information content (AvgIpc) is 2.91. The van der Waals surface area contributed by atoms with Crippen molar-refractivity contribution in [2.24, 2.45) is 0 Å². The predicted octanol–water partition coefficient (Wildman–Crippen LogP) is 9.43. The maximum atomic E-state index is 14.0. The third-order valence-electron chi connectivity index (χ3n) is 6.37. The average molecular weight is 826 g/mol. The van der Waals surface area contributed by atoms with Gasteiger partial charge in [0, 0.05) is 12.0 Å². The molecule has 3 nitrogen and oxygen atoms in total. The molecule has 0 bridgehead atoms. The number of aliphatic hydroxyl groups excluding tert-OH is 1. The number of alkyl halides is 27. The minimum atomic E-state index is -9.88. The van der Waals surface area contributed by atoms with Crippen LogP contribution in [0.25, 0.3) is 0 Å². The Labute approximate surface area is 262 Å². The quantitative estimate of drug-likeness (QED) is 0.0960. The summed E-state index contributed by atoms with van der Waals surface area (Å²) in [5.41, 5.74) is -9.77. The van der Waals surface area contributed by atoms with Crippen LogP contribution in [0.5, 0.6) is 0 Å². The molecule has 0 aromatic heterocycles. The van der Waals surface area contributed by atoms with E-state index in [0.717, 1.165) is 6.92 Å². The zero-order valence-electron chi connectivity index (χ0n) is 23.4. The highest BCUT2D eigenvalue weighted by Gasteiger charge is 3.01. The summed E-state index contributed by atoms with van der Waals surface area (Å²) in [6.45, 7) is 2.25. The number of aliphatic hydroxyl groups is 1. The first-order chi connectivity index (χ1) is 21.7. The van der Waals surface area contributed by atoms with E-state index in [2.05, 4.69) is 11.3 Å². The number of hydrogen-bond acceptors (Lipinski definition) is 3. The van der Waals surface area contributed by atoms with Gasteiger partial charge >= 0.3 is 83.2 Å². The van der Waals surface area contributed by atoms with E-state index in [0.29, 0.717) is 0 Å². The summed E-state index contributed by atoms with van der Waals surface area (Å²) in [5.74, 6) is -94.0. The van der Waals surface area contributed by atoms with Crippen molar-refractivity contribution >= 4 is 5.97 Å². The van der Waals surface area contributed by atoms with Gasteiger partial charge in [0.15, 0.2) is 0 Å². The molecule has 0 spiro atoms. The zero-order valence-corrected chi connectivity index (χ0v) is 23.4. The molecule has 0 aliphatic carbocycles. The van der Waals surface area contributed by atoms with E-state index in [9.17, 15) is 128 Å². The predicted molar refractivity (Wildman–Crippen MR) is 106 cm³/mol. The first-order valence-electron chi connectivity index (χ1n) is 11.8. The number of halogens is 27. The van der Waals surface area contributed by atoms with E-state index in [4.69, 9.17) is 0 Å². The maximum Gasteiger partial charge on any atom is 0.438 e. The Balaban J connectivity index is 7.16. The van der Waals surface area contributed by atoms with Crippen LogP contribution in [0.3, 0.4) is 0 Å². The lowest BCUT2D eigenvalue weighted by Crippen LogP contribution is -2.79. The second-order valence-corrected chi connectivity index (χ2v) is 10.1. The van der Waals surface area contributed by atoms with Crippen molar-refractivity contribution in [2.45, 2.75) is 103 Å². The van der Waals surface area contributed by atoms with Gasteiger partial charge in [0.05, 0.1) is 6.10 Å². The molecule has 0 aliphatic heterocycles. The van der Waals surface area contributed by atoms with Crippen LogP contribution in [0.15, 0.2) is 12.2 Å². The smallest absolute Gasteiger partial charge is 0.438 e. The molecule has 0 aromatic carbocycles. The summed E-state index contributed by atoms with van der Waals surface area (Å²) in [7, 11) is 0. The molecule has 0 fully saturated rings. The fourth-order valence-electron chi connectivity index (χ4n) is 3.23. The van der Waals surface area contributed by atoms with Crippen LogP contribution in [0, 0.1) is 0 Å². The van der Waals surface area contributed by atoms with Crippen molar-refractivity contribution in [3.05, 3.63) is 12.2 Å². The van der Waals surface area contributed by atoms with Crippen molar-refractivity contribution < 1.29 is 133 Å². The highest BCUT2D eigenvalue weighted by Crippen LogP contribution is 2.69. The molecule has 0 aromatic rings. The number of ether oxygens (including phenoxy) is 1. The Hall–Kier alpha value is -2.72. The topological polar surface area (TPSA) is 46.5 Å². The third kappa shape index (κ3) is 6.70. The van der Waals surface area contributed by atoms with E-state index in [1.165, 1.54) is 0 Å². The molecule has 0 aliphatic rings. The molecule has 0 saturated carbocycles. The van der Waals surface area contributed by atoms with Crippen LogP contribution in [0.4, 0.5) is 119 Å². The minimum absolute atomic E-state index is 0.516. The molecule has 0 amide bonds. The van der Waals surface area contributed by atoms with Gasteiger partial charge in [-0.25, -0.2) is 9.18 Å². The van der Waals surface area contributed by atoms with Crippen molar-refractivity contribution in [2.75, 3.05) is 6.61 Å². The van der Waals surface area contributed by atoms with Crippen LogP contribution in [-0.2, 0) is 9.53 Å². The summed E-state index contributed by atoms with van der Waals surface area (Å²) in [6, 6.07) is 0. The van der Waals surface area contributed by atoms with Crippen molar-refractivity contribution in [1.29, 1.82) is 0 Å². The fraction of sp³-hybridized carbons (Fsp3) is 0.857. The van der Waals surface area contributed by atoms with Crippen LogP contribution in [0.2, 0.25) is 0 Å². The highest BCUT2D eigenvalue weighted by molar-refractivity contribution is 5.86.